The van der Waals surface area contributed by atoms with Crippen molar-refractivity contribution in [1.82, 2.24) is 0 Å². The number of thiophene rings is 1. The standard InChI is InChI=1S/C11H8O2S/c12-11(13)4-2-8-1-3-9-5-6-14-10(9)7-8/h1-7H,(H,12,13)/b4-2+. The summed E-state index contributed by atoms with van der Waals surface area (Å²) in [5.41, 5.74) is 0.919. The molecule has 2 aromatic rings. The molecule has 1 aromatic carbocycles. The minimum Gasteiger partial charge on any atom is -0.478 e. The molecule has 1 aromatic heterocycles. The Balaban J connectivity index is 2.39. The first-order valence-corrected chi connectivity index (χ1v) is 5.02. The third-order valence-corrected chi connectivity index (χ3v) is 2.78. The first-order chi connectivity index (χ1) is 6.75. The molecule has 0 saturated heterocycles. The van der Waals surface area contributed by atoms with E-state index in [1.54, 1.807) is 17.4 Å². The van der Waals surface area contributed by atoms with Crippen molar-refractivity contribution in [1.29, 1.82) is 0 Å². The predicted molar refractivity (Wildman–Crippen MR) is 58.5 cm³/mol. The highest BCUT2D eigenvalue weighted by Crippen LogP contribution is 2.22. The number of fused-ring (bicyclic) bond motifs is 1. The molecule has 2 rings (SSSR count). The molecular weight excluding hydrogens is 196 g/mol. The van der Waals surface area contributed by atoms with Crippen LogP contribution in [0.4, 0.5) is 0 Å². The second-order valence-electron chi connectivity index (χ2n) is 2.89. The molecule has 0 fully saturated rings. The van der Waals surface area contributed by atoms with Crippen LogP contribution >= 0.6 is 11.3 Å². The normalized spacial score (nSPS) is 11.1. The Bertz CT molecular complexity index is 497. The van der Waals surface area contributed by atoms with Crippen molar-refractivity contribution in [2.45, 2.75) is 0 Å². The molecule has 0 aliphatic heterocycles. The van der Waals surface area contributed by atoms with E-state index in [2.05, 4.69) is 0 Å². The van der Waals surface area contributed by atoms with Crippen molar-refractivity contribution in [3.8, 4) is 0 Å². The number of aliphatic carboxylic acids is 1. The van der Waals surface area contributed by atoms with Crippen LogP contribution in [0.15, 0.2) is 35.7 Å². The van der Waals surface area contributed by atoms with E-state index in [0.717, 1.165) is 11.6 Å². The number of hydrogen-bond donors (Lipinski definition) is 1. The number of benzene rings is 1. The number of hydrogen-bond acceptors (Lipinski definition) is 2. The van der Waals surface area contributed by atoms with E-state index in [1.807, 2.05) is 29.6 Å². The van der Waals surface area contributed by atoms with Crippen molar-refractivity contribution < 1.29 is 9.90 Å². The van der Waals surface area contributed by atoms with Crippen molar-refractivity contribution >= 4 is 33.5 Å². The van der Waals surface area contributed by atoms with Gasteiger partial charge in [-0.3, -0.25) is 0 Å². The molecule has 70 valence electrons. The van der Waals surface area contributed by atoms with Crippen LogP contribution in [0.1, 0.15) is 5.56 Å². The maximum atomic E-state index is 10.3. The highest BCUT2D eigenvalue weighted by atomic mass is 32.1. The van der Waals surface area contributed by atoms with Gasteiger partial charge < -0.3 is 5.11 Å². The van der Waals surface area contributed by atoms with Crippen molar-refractivity contribution in [2.75, 3.05) is 0 Å². The van der Waals surface area contributed by atoms with Crippen LogP contribution < -0.4 is 0 Å². The van der Waals surface area contributed by atoms with Crippen LogP contribution in [0, 0.1) is 0 Å². The lowest BCUT2D eigenvalue weighted by Gasteiger charge is -1.92. The number of rotatable bonds is 2. The van der Waals surface area contributed by atoms with Gasteiger partial charge in [0.2, 0.25) is 0 Å². The maximum Gasteiger partial charge on any atom is 0.328 e. The van der Waals surface area contributed by atoms with Gasteiger partial charge in [0.1, 0.15) is 0 Å². The van der Waals surface area contributed by atoms with Gasteiger partial charge in [-0.05, 0) is 34.5 Å². The Hall–Kier alpha value is -1.61. The first-order valence-electron chi connectivity index (χ1n) is 4.14. The molecule has 14 heavy (non-hydrogen) atoms. The lowest BCUT2D eigenvalue weighted by molar-refractivity contribution is -0.131. The Labute approximate surface area is 85.1 Å². The van der Waals surface area contributed by atoms with Gasteiger partial charge in [0.05, 0.1) is 0 Å². The lowest BCUT2D eigenvalue weighted by Crippen LogP contribution is -1.85. The molecule has 0 saturated carbocycles. The Morgan fingerprint density at radius 2 is 2.21 bits per heavy atom. The van der Waals surface area contributed by atoms with E-state index in [4.69, 9.17) is 5.11 Å². The SMILES string of the molecule is O=C(O)/C=C/c1ccc2ccsc2c1. The van der Waals surface area contributed by atoms with E-state index >= 15 is 0 Å². The lowest BCUT2D eigenvalue weighted by atomic mass is 10.2. The molecule has 0 aliphatic carbocycles. The van der Waals surface area contributed by atoms with Gasteiger partial charge in [0, 0.05) is 10.8 Å². The molecule has 2 nitrogen and oxygen atoms in total. The van der Waals surface area contributed by atoms with Gasteiger partial charge >= 0.3 is 5.97 Å². The maximum absolute atomic E-state index is 10.3. The fourth-order valence-corrected chi connectivity index (χ4v) is 2.08. The summed E-state index contributed by atoms with van der Waals surface area (Å²) in [7, 11) is 0. The third-order valence-electron chi connectivity index (χ3n) is 1.90. The van der Waals surface area contributed by atoms with E-state index in [0.29, 0.717) is 0 Å². The Morgan fingerprint density at radius 1 is 1.36 bits per heavy atom. The van der Waals surface area contributed by atoms with E-state index in [-0.39, 0.29) is 0 Å². The number of carbonyl (C=O) groups is 1. The van der Waals surface area contributed by atoms with Crippen LogP contribution in [0.5, 0.6) is 0 Å². The molecule has 0 atom stereocenters. The molecule has 0 radical (unpaired) electrons. The highest BCUT2D eigenvalue weighted by molar-refractivity contribution is 7.17. The summed E-state index contributed by atoms with van der Waals surface area (Å²) in [5.74, 6) is -0.920. The quantitative estimate of drug-likeness (QED) is 0.763. The first kappa shape index (κ1) is 8.97. The summed E-state index contributed by atoms with van der Waals surface area (Å²) < 4.78 is 1.18. The van der Waals surface area contributed by atoms with Crippen molar-refractivity contribution in [3.63, 3.8) is 0 Å². The fraction of sp³-hybridized carbons (Fsp3) is 0. The van der Waals surface area contributed by atoms with E-state index in [9.17, 15) is 4.79 Å². The molecule has 0 aliphatic rings. The minimum atomic E-state index is -0.920. The van der Waals surface area contributed by atoms with Gasteiger partial charge in [-0.2, -0.15) is 0 Å². The molecule has 0 bridgehead atoms. The van der Waals surface area contributed by atoms with Crippen molar-refractivity contribution in [3.05, 3.63) is 41.3 Å². The van der Waals surface area contributed by atoms with Gasteiger partial charge in [-0.15, -0.1) is 11.3 Å². The second-order valence-corrected chi connectivity index (χ2v) is 3.84. The van der Waals surface area contributed by atoms with Gasteiger partial charge in [0.25, 0.3) is 0 Å². The van der Waals surface area contributed by atoms with E-state index < -0.39 is 5.97 Å². The van der Waals surface area contributed by atoms with Crippen LogP contribution in [-0.4, -0.2) is 11.1 Å². The number of carboxylic acid groups (broad SMARTS) is 1. The molecule has 3 heteroatoms. The summed E-state index contributed by atoms with van der Waals surface area (Å²) in [6, 6.07) is 7.94. The second kappa shape index (κ2) is 3.64. The van der Waals surface area contributed by atoms with Crippen LogP contribution in [-0.2, 0) is 4.79 Å². The minimum absolute atomic E-state index is 0.919. The van der Waals surface area contributed by atoms with E-state index in [1.165, 1.54) is 10.1 Å². The predicted octanol–water partition coefficient (Wildman–Crippen LogP) is 3.00. The van der Waals surface area contributed by atoms with Gasteiger partial charge in [-0.1, -0.05) is 12.1 Å². The average molecular weight is 204 g/mol. The van der Waals surface area contributed by atoms with Crippen LogP contribution in [0.3, 0.4) is 0 Å². The molecule has 0 amide bonds. The molecule has 1 N–H and O–H groups in total. The fourth-order valence-electron chi connectivity index (χ4n) is 1.24. The molecule has 1 heterocycles. The molecule has 0 unspecified atom stereocenters. The third kappa shape index (κ3) is 1.83. The zero-order valence-corrected chi connectivity index (χ0v) is 8.12. The number of carboxylic acids is 1. The molecular formula is C11H8O2S. The van der Waals surface area contributed by atoms with Crippen molar-refractivity contribution in [2.24, 2.45) is 0 Å². The van der Waals surface area contributed by atoms with Crippen LogP contribution in [0.2, 0.25) is 0 Å². The van der Waals surface area contributed by atoms with Crippen LogP contribution in [0.25, 0.3) is 16.2 Å². The summed E-state index contributed by atoms with van der Waals surface area (Å²) in [4.78, 5) is 10.3. The zero-order chi connectivity index (χ0) is 9.97. The Morgan fingerprint density at radius 3 is 3.00 bits per heavy atom. The van der Waals surface area contributed by atoms with Gasteiger partial charge in [-0.25, -0.2) is 4.79 Å². The van der Waals surface area contributed by atoms with Gasteiger partial charge in [0.15, 0.2) is 0 Å². The average Bonchev–Trinajstić information content (AvgIpc) is 2.61. The summed E-state index contributed by atoms with van der Waals surface area (Å²) >= 11 is 1.65. The molecule has 0 spiro atoms. The summed E-state index contributed by atoms with van der Waals surface area (Å²) in [6.07, 6.45) is 2.75. The zero-order valence-electron chi connectivity index (χ0n) is 7.31. The summed E-state index contributed by atoms with van der Waals surface area (Å²) in [5, 5.41) is 11.7. The Kier molecular flexibility index (Phi) is 2.33. The monoisotopic (exact) mass is 204 g/mol. The smallest absolute Gasteiger partial charge is 0.328 e. The summed E-state index contributed by atoms with van der Waals surface area (Å²) in [6.45, 7) is 0. The highest BCUT2D eigenvalue weighted by Gasteiger charge is 1.95. The largest absolute Gasteiger partial charge is 0.478 e. The topological polar surface area (TPSA) is 37.3 Å².